The molecule has 2 aromatic heterocycles. The van der Waals surface area contributed by atoms with Crippen LogP contribution in [-0.2, 0) is 15.8 Å². The fourth-order valence-corrected chi connectivity index (χ4v) is 4.66. The van der Waals surface area contributed by atoms with E-state index < -0.39 is 10.0 Å². The van der Waals surface area contributed by atoms with E-state index in [9.17, 15) is 8.42 Å². The monoisotopic (exact) mass is 446 g/mol. The predicted octanol–water partition coefficient (Wildman–Crippen LogP) is 5.03. The average Bonchev–Trinajstić information content (AvgIpc) is 3.26. The van der Waals surface area contributed by atoms with Crippen molar-refractivity contribution >= 4 is 10.0 Å². The molecule has 4 rings (SSSR count). The van der Waals surface area contributed by atoms with Crippen LogP contribution in [0.2, 0.25) is 0 Å². The van der Waals surface area contributed by atoms with Crippen molar-refractivity contribution in [2.45, 2.75) is 25.5 Å². The van der Waals surface area contributed by atoms with Gasteiger partial charge in [-0.15, -0.1) is 0 Å². The second-order valence-electron chi connectivity index (χ2n) is 7.61. The Kier molecular flexibility index (Phi) is 6.78. The van der Waals surface area contributed by atoms with Gasteiger partial charge in [0.15, 0.2) is 0 Å². The average molecular weight is 447 g/mol. The van der Waals surface area contributed by atoms with E-state index in [2.05, 4.69) is 14.7 Å². The number of sulfonamides is 1. The molecule has 0 saturated carbocycles. The van der Waals surface area contributed by atoms with E-state index in [1.165, 1.54) is 0 Å². The highest BCUT2D eigenvalue weighted by molar-refractivity contribution is 7.88. The van der Waals surface area contributed by atoms with Crippen LogP contribution in [0.3, 0.4) is 0 Å². The molecule has 0 aliphatic heterocycles. The Morgan fingerprint density at radius 1 is 0.875 bits per heavy atom. The van der Waals surface area contributed by atoms with Crippen molar-refractivity contribution in [3.05, 3.63) is 84.7 Å². The number of aromatic nitrogens is 3. The lowest BCUT2D eigenvalue weighted by molar-refractivity contribution is 0.577. The predicted molar refractivity (Wildman–Crippen MR) is 128 cm³/mol. The van der Waals surface area contributed by atoms with Gasteiger partial charge in [0.1, 0.15) is 5.82 Å². The molecule has 2 N–H and O–H groups in total. The maximum absolute atomic E-state index is 12.3. The highest BCUT2D eigenvalue weighted by atomic mass is 32.2. The minimum atomic E-state index is -3.35. The zero-order chi connectivity index (χ0) is 22.4. The molecule has 32 heavy (non-hydrogen) atoms. The van der Waals surface area contributed by atoms with Crippen LogP contribution in [0.5, 0.6) is 0 Å². The highest BCUT2D eigenvalue weighted by Gasteiger charge is 2.16. The molecule has 0 radical (unpaired) electrons. The van der Waals surface area contributed by atoms with Gasteiger partial charge in [0.25, 0.3) is 0 Å². The molecular weight excluding hydrogens is 420 g/mol. The zero-order valence-corrected chi connectivity index (χ0v) is 18.8. The number of benzene rings is 2. The fraction of sp³-hybridized carbons (Fsp3) is 0.200. The van der Waals surface area contributed by atoms with Crippen LogP contribution in [-0.4, -0.2) is 29.9 Å². The molecule has 0 saturated heterocycles. The van der Waals surface area contributed by atoms with Gasteiger partial charge in [-0.3, -0.25) is 4.98 Å². The van der Waals surface area contributed by atoms with E-state index in [0.717, 1.165) is 52.3 Å². The number of H-pyrrole nitrogens is 1. The third kappa shape index (κ3) is 5.30. The SMILES string of the molecule is CCCCNS(=O)(=O)Cc1ccc(-c2nc(-c3ccccc3)[nH]c2-c2ccncc2)cc1. The van der Waals surface area contributed by atoms with E-state index in [1.807, 2.05) is 73.7 Å². The van der Waals surface area contributed by atoms with E-state index in [0.29, 0.717) is 6.54 Å². The van der Waals surface area contributed by atoms with Gasteiger partial charge in [-0.25, -0.2) is 18.1 Å². The molecule has 6 nitrogen and oxygen atoms in total. The molecule has 0 unspecified atom stereocenters. The van der Waals surface area contributed by atoms with E-state index >= 15 is 0 Å². The number of hydrogen-bond donors (Lipinski definition) is 2. The molecule has 0 spiro atoms. The van der Waals surface area contributed by atoms with Crippen LogP contribution >= 0.6 is 0 Å². The Morgan fingerprint density at radius 2 is 1.59 bits per heavy atom. The van der Waals surface area contributed by atoms with Gasteiger partial charge in [-0.2, -0.15) is 0 Å². The van der Waals surface area contributed by atoms with Crippen LogP contribution in [0.4, 0.5) is 0 Å². The lowest BCUT2D eigenvalue weighted by Gasteiger charge is -2.07. The minimum Gasteiger partial charge on any atom is -0.337 e. The van der Waals surface area contributed by atoms with Gasteiger partial charge in [0.05, 0.1) is 17.1 Å². The van der Waals surface area contributed by atoms with Crippen molar-refractivity contribution < 1.29 is 8.42 Å². The quantitative estimate of drug-likeness (QED) is 0.353. The molecule has 7 heteroatoms. The summed E-state index contributed by atoms with van der Waals surface area (Å²) >= 11 is 0. The van der Waals surface area contributed by atoms with Gasteiger partial charge in [0.2, 0.25) is 10.0 Å². The van der Waals surface area contributed by atoms with Crippen molar-refractivity contribution in [3.63, 3.8) is 0 Å². The van der Waals surface area contributed by atoms with Crippen molar-refractivity contribution in [1.29, 1.82) is 0 Å². The van der Waals surface area contributed by atoms with Crippen LogP contribution in [0.15, 0.2) is 79.1 Å². The number of aromatic amines is 1. The van der Waals surface area contributed by atoms with E-state index in [4.69, 9.17) is 4.98 Å². The normalized spacial score (nSPS) is 11.5. The first-order valence-corrected chi connectivity index (χ1v) is 12.3. The zero-order valence-electron chi connectivity index (χ0n) is 18.0. The van der Waals surface area contributed by atoms with Crippen LogP contribution in [0.1, 0.15) is 25.3 Å². The van der Waals surface area contributed by atoms with Crippen molar-refractivity contribution in [1.82, 2.24) is 19.7 Å². The Hall–Kier alpha value is -3.29. The molecule has 0 atom stereocenters. The van der Waals surface area contributed by atoms with Crippen LogP contribution < -0.4 is 4.72 Å². The summed E-state index contributed by atoms with van der Waals surface area (Å²) in [4.78, 5) is 12.4. The third-order valence-corrected chi connectivity index (χ3v) is 6.51. The number of nitrogens with one attached hydrogen (secondary N) is 2. The van der Waals surface area contributed by atoms with Crippen molar-refractivity contribution in [2.24, 2.45) is 0 Å². The smallest absolute Gasteiger partial charge is 0.215 e. The first-order valence-electron chi connectivity index (χ1n) is 10.7. The number of nitrogens with zero attached hydrogens (tertiary/aromatic N) is 2. The number of imidazole rings is 1. The Bertz CT molecular complexity index is 1250. The second kappa shape index (κ2) is 9.89. The second-order valence-corrected chi connectivity index (χ2v) is 9.42. The molecular formula is C25H26N4O2S. The Morgan fingerprint density at radius 3 is 2.28 bits per heavy atom. The molecule has 2 aromatic carbocycles. The summed E-state index contributed by atoms with van der Waals surface area (Å²) in [5, 5.41) is 0. The highest BCUT2D eigenvalue weighted by Crippen LogP contribution is 2.33. The van der Waals surface area contributed by atoms with Crippen LogP contribution in [0.25, 0.3) is 33.9 Å². The molecule has 0 aliphatic carbocycles. The largest absolute Gasteiger partial charge is 0.337 e. The summed E-state index contributed by atoms with van der Waals surface area (Å²) in [7, 11) is -3.35. The minimum absolute atomic E-state index is 0.0377. The van der Waals surface area contributed by atoms with E-state index in [1.54, 1.807) is 12.4 Å². The third-order valence-electron chi connectivity index (χ3n) is 5.16. The Labute approximate surface area is 188 Å². The molecule has 2 heterocycles. The maximum Gasteiger partial charge on any atom is 0.215 e. The summed E-state index contributed by atoms with van der Waals surface area (Å²) in [6.45, 7) is 2.51. The topological polar surface area (TPSA) is 87.7 Å². The summed E-state index contributed by atoms with van der Waals surface area (Å²) in [6.07, 6.45) is 5.29. The van der Waals surface area contributed by atoms with E-state index in [-0.39, 0.29) is 5.75 Å². The van der Waals surface area contributed by atoms with Gasteiger partial charge in [-0.05, 0) is 24.1 Å². The molecule has 0 bridgehead atoms. The summed E-state index contributed by atoms with van der Waals surface area (Å²) < 4.78 is 27.2. The van der Waals surface area contributed by atoms with Gasteiger partial charge < -0.3 is 4.98 Å². The number of hydrogen-bond acceptors (Lipinski definition) is 4. The number of pyridine rings is 1. The summed E-state index contributed by atoms with van der Waals surface area (Å²) in [6, 6.07) is 21.4. The number of unbranched alkanes of at least 4 members (excludes halogenated alkanes) is 1. The molecule has 164 valence electrons. The summed E-state index contributed by atoms with van der Waals surface area (Å²) in [5.74, 6) is 0.739. The number of rotatable bonds is 9. The molecule has 0 amide bonds. The maximum atomic E-state index is 12.3. The van der Waals surface area contributed by atoms with Crippen LogP contribution in [0, 0.1) is 0 Å². The summed E-state index contributed by atoms with van der Waals surface area (Å²) in [5.41, 5.74) is 5.34. The molecule has 0 fully saturated rings. The lowest BCUT2D eigenvalue weighted by atomic mass is 10.0. The van der Waals surface area contributed by atoms with Gasteiger partial charge >= 0.3 is 0 Å². The first kappa shape index (κ1) is 21.9. The van der Waals surface area contributed by atoms with Crippen molar-refractivity contribution in [3.8, 4) is 33.9 Å². The first-order chi connectivity index (χ1) is 15.6. The lowest BCUT2D eigenvalue weighted by Crippen LogP contribution is -2.26. The van der Waals surface area contributed by atoms with Crippen molar-refractivity contribution in [2.75, 3.05) is 6.54 Å². The van der Waals surface area contributed by atoms with Gasteiger partial charge in [-0.1, -0.05) is 67.9 Å². The molecule has 0 aliphatic rings. The van der Waals surface area contributed by atoms with Gasteiger partial charge in [0, 0.05) is 35.6 Å². The Balaban J connectivity index is 1.65. The molecule has 4 aromatic rings. The fourth-order valence-electron chi connectivity index (χ4n) is 3.48. The standard InChI is InChI=1S/C25H26N4O2S/c1-2-3-15-27-32(30,31)18-19-9-11-20(12-10-19)23-24(21-13-16-26-17-14-21)29-25(28-23)22-7-5-4-6-8-22/h4-14,16-17,27H,2-3,15,18H2,1H3,(H,28,29).